The van der Waals surface area contributed by atoms with Gasteiger partial charge in [-0.05, 0) is 18.2 Å². The summed E-state index contributed by atoms with van der Waals surface area (Å²) in [5.74, 6) is 1.83. The van der Waals surface area contributed by atoms with Gasteiger partial charge in [0.15, 0.2) is 5.65 Å². The Balaban J connectivity index is 1.38. The van der Waals surface area contributed by atoms with Crippen LogP contribution in [0.25, 0.3) is 11.0 Å². The number of likely N-dealkylation sites (N-methyl/N-ethyl adjacent to an activating group) is 1. The lowest BCUT2D eigenvalue weighted by atomic mass is 10.2. The summed E-state index contributed by atoms with van der Waals surface area (Å²) >= 11 is 0. The highest BCUT2D eigenvalue weighted by Gasteiger charge is 2.16. The highest BCUT2D eigenvalue weighted by atomic mass is 15.3. The van der Waals surface area contributed by atoms with Crippen LogP contribution in [0.15, 0.2) is 30.9 Å². The molecule has 130 valence electrons. The predicted octanol–water partition coefficient (Wildman–Crippen LogP) is 1.50. The molecule has 1 aliphatic heterocycles. The first-order chi connectivity index (χ1) is 12.3. The van der Waals surface area contributed by atoms with Crippen LogP contribution < -0.4 is 10.2 Å². The van der Waals surface area contributed by atoms with Gasteiger partial charge >= 0.3 is 0 Å². The van der Waals surface area contributed by atoms with E-state index in [4.69, 9.17) is 0 Å². The molecule has 1 fully saturated rings. The first-order valence-corrected chi connectivity index (χ1v) is 8.63. The maximum absolute atomic E-state index is 4.63. The number of hydrogen-bond donors (Lipinski definition) is 2. The van der Waals surface area contributed by atoms with E-state index in [0.717, 1.165) is 61.0 Å². The molecule has 0 radical (unpaired) electrons. The molecule has 1 aliphatic rings. The molecule has 0 spiro atoms. The van der Waals surface area contributed by atoms with Crippen molar-refractivity contribution in [3.63, 3.8) is 0 Å². The Morgan fingerprint density at radius 2 is 1.96 bits per heavy atom. The standard InChI is InChI=1S/C17H22N8/c1-2-24-5-7-25(8-6-24)15-4-3-13(9-18-15)10-19-16-14-11-22-23-17(14)21-12-20-16/h3-4,9,11-12H,2,5-8,10H2,1H3,(H2,19,20,21,22,23). The van der Waals surface area contributed by atoms with Crippen molar-refractivity contribution < 1.29 is 0 Å². The largest absolute Gasteiger partial charge is 0.365 e. The average molecular weight is 338 g/mol. The van der Waals surface area contributed by atoms with Crippen LogP contribution in [0.5, 0.6) is 0 Å². The first-order valence-electron chi connectivity index (χ1n) is 8.63. The molecule has 8 nitrogen and oxygen atoms in total. The minimum absolute atomic E-state index is 0.661. The van der Waals surface area contributed by atoms with E-state index < -0.39 is 0 Å². The second kappa shape index (κ2) is 7.02. The maximum Gasteiger partial charge on any atom is 0.160 e. The molecule has 0 aromatic carbocycles. The smallest absolute Gasteiger partial charge is 0.160 e. The fraction of sp³-hybridized carbons (Fsp3) is 0.412. The van der Waals surface area contributed by atoms with Crippen molar-refractivity contribution in [1.82, 2.24) is 30.0 Å². The van der Waals surface area contributed by atoms with Crippen molar-refractivity contribution in [3.05, 3.63) is 36.4 Å². The SMILES string of the molecule is CCN1CCN(c2ccc(CNc3ncnc4[nH]ncc34)cn2)CC1. The second-order valence-electron chi connectivity index (χ2n) is 6.15. The number of nitrogens with zero attached hydrogens (tertiary/aromatic N) is 6. The molecule has 0 saturated carbocycles. The fourth-order valence-corrected chi connectivity index (χ4v) is 3.09. The third-order valence-electron chi connectivity index (χ3n) is 4.66. The summed E-state index contributed by atoms with van der Waals surface area (Å²) in [4.78, 5) is 17.9. The van der Waals surface area contributed by atoms with Gasteiger partial charge in [-0.15, -0.1) is 0 Å². The van der Waals surface area contributed by atoms with Crippen LogP contribution in [0, 0.1) is 0 Å². The Morgan fingerprint density at radius 3 is 2.72 bits per heavy atom. The fourth-order valence-electron chi connectivity index (χ4n) is 3.09. The van der Waals surface area contributed by atoms with Gasteiger partial charge in [-0.2, -0.15) is 5.10 Å². The Morgan fingerprint density at radius 1 is 1.08 bits per heavy atom. The van der Waals surface area contributed by atoms with Gasteiger partial charge in [0.2, 0.25) is 0 Å². The number of anilines is 2. The van der Waals surface area contributed by atoms with Crippen LogP contribution in [0.2, 0.25) is 0 Å². The molecule has 4 rings (SSSR count). The van der Waals surface area contributed by atoms with Gasteiger partial charge in [0.05, 0.1) is 11.6 Å². The monoisotopic (exact) mass is 338 g/mol. The molecular formula is C17H22N8. The maximum atomic E-state index is 4.63. The van der Waals surface area contributed by atoms with E-state index >= 15 is 0 Å². The van der Waals surface area contributed by atoms with Crippen molar-refractivity contribution in [1.29, 1.82) is 0 Å². The summed E-state index contributed by atoms with van der Waals surface area (Å²) in [6.07, 6.45) is 5.19. The third kappa shape index (κ3) is 3.39. The number of aromatic amines is 1. The van der Waals surface area contributed by atoms with Crippen LogP contribution in [0.3, 0.4) is 0 Å². The van der Waals surface area contributed by atoms with Crippen molar-refractivity contribution in [2.24, 2.45) is 0 Å². The van der Waals surface area contributed by atoms with Crippen molar-refractivity contribution in [2.45, 2.75) is 13.5 Å². The molecular weight excluding hydrogens is 316 g/mol. The van der Waals surface area contributed by atoms with E-state index in [2.05, 4.69) is 59.3 Å². The van der Waals surface area contributed by atoms with Gasteiger partial charge in [0, 0.05) is 38.9 Å². The summed E-state index contributed by atoms with van der Waals surface area (Å²) < 4.78 is 0. The zero-order valence-corrected chi connectivity index (χ0v) is 14.3. The number of H-pyrrole nitrogens is 1. The highest BCUT2D eigenvalue weighted by Crippen LogP contribution is 2.18. The number of rotatable bonds is 5. The molecule has 0 bridgehead atoms. The third-order valence-corrected chi connectivity index (χ3v) is 4.66. The second-order valence-corrected chi connectivity index (χ2v) is 6.15. The number of aromatic nitrogens is 5. The molecule has 1 saturated heterocycles. The summed E-state index contributed by atoms with van der Waals surface area (Å²) in [6.45, 7) is 8.29. The molecule has 0 aliphatic carbocycles. The van der Waals surface area contributed by atoms with Crippen LogP contribution in [-0.2, 0) is 6.54 Å². The quantitative estimate of drug-likeness (QED) is 0.729. The van der Waals surface area contributed by atoms with Crippen LogP contribution in [0.1, 0.15) is 12.5 Å². The van der Waals surface area contributed by atoms with E-state index in [1.807, 2.05) is 6.20 Å². The van der Waals surface area contributed by atoms with Crippen LogP contribution in [0.4, 0.5) is 11.6 Å². The Kier molecular flexibility index (Phi) is 4.43. The zero-order chi connectivity index (χ0) is 17.1. The minimum Gasteiger partial charge on any atom is -0.365 e. The van der Waals surface area contributed by atoms with Crippen LogP contribution >= 0.6 is 0 Å². The van der Waals surface area contributed by atoms with E-state index in [1.54, 1.807) is 6.20 Å². The minimum atomic E-state index is 0.661. The number of pyridine rings is 1. The Hall–Kier alpha value is -2.74. The summed E-state index contributed by atoms with van der Waals surface area (Å²) in [6, 6.07) is 4.22. The molecule has 8 heteroatoms. The lowest BCUT2D eigenvalue weighted by Gasteiger charge is -2.34. The number of hydrogen-bond acceptors (Lipinski definition) is 7. The van der Waals surface area contributed by atoms with Gasteiger partial charge in [-0.1, -0.05) is 13.0 Å². The van der Waals surface area contributed by atoms with Crippen molar-refractivity contribution in [3.8, 4) is 0 Å². The van der Waals surface area contributed by atoms with Gasteiger partial charge in [0.25, 0.3) is 0 Å². The van der Waals surface area contributed by atoms with Gasteiger partial charge in [0.1, 0.15) is 18.0 Å². The molecule has 0 amide bonds. The van der Waals surface area contributed by atoms with E-state index in [1.165, 1.54) is 6.33 Å². The molecule has 0 unspecified atom stereocenters. The van der Waals surface area contributed by atoms with E-state index in [0.29, 0.717) is 6.54 Å². The molecule has 3 aromatic rings. The normalized spacial score (nSPS) is 15.6. The Bertz CT molecular complexity index is 820. The summed E-state index contributed by atoms with van der Waals surface area (Å²) in [7, 11) is 0. The zero-order valence-electron chi connectivity index (χ0n) is 14.3. The van der Waals surface area contributed by atoms with Gasteiger partial charge in [-0.25, -0.2) is 15.0 Å². The predicted molar refractivity (Wildman–Crippen MR) is 97.6 cm³/mol. The van der Waals surface area contributed by atoms with E-state index in [-0.39, 0.29) is 0 Å². The molecule has 25 heavy (non-hydrogen) atoms. The van der Waals surface area contributed by atoms with Gasteiger partial charge in [-0.3, -0.25) is 5.10 Å². The topological polar surface area (TPSA) is 85.9 Å². The lowest BCUT2D eigenvalue weighted by molar-refractivity contribution is 0.270. The molecule has 4 heterocycles. The van der Waals surface area contributed by atoms with E-state index in [9.17, 15) is 0 Å². The van der Waals surface area contributed by atoms with Crippen molar-refractivity contribution >= 4 is 22.7 Å². The Labute approximate surface area is 146 Å². The first kappa shape index (κ1) is 15.8. The molecule has 3 aromatic heterocycles. The van der Waals surface area contributed by atoms with Crippen molar-refractivity contribution in [2.75, 3.05) is 42.9 Å². The molecule has 0 atom stereocenters. The number of fused-ring (bicyclic) bond motifs is 1. The summed E-state index contributed by atoms with van der Waals surface area (Å²) in [5.41, 5.74) is 1.85. The van der Waals surface area contributed by atoms with Gasteiger partial charge < -0.3 is 15.1 Å². The molecule has 2 N–H and O–H groups in total. The number of nitrogens with one attached hydrogen (secondary N) is 2. The summed E-state index contributed by atoms with van der Waals surface area (Å²) in [5, 5.41) is 11.1. The highest BCUT2D eigenvalue weighted by molar-refractivity contribution is 5.85. The lowest BCUT2D eigenvalue weighted by Crippen LogP contribution is -2.46. The average Bonchev–Trinajstić information content (AvgIpc) is 3.16. The number of piperazine rings is 1. The van der Waals surface area contributed by atoms with Crippen LogP contribution in [-0.4, -0.2) is 62.8 Å².